The number of nitrogens with one attached hydrogen (secondary N) is 17. The number of unbranched alkanes of at least 4 members (excludes halogenated alkanes) is 1. The van der Waals surface area contributed by atoms with Gasteiger partial charge in [-0.2, -0.15) is 13.2 Å². The number of primary amides is 2. The van der Waals surface area contributed by atoms with Crippen LogP contribution in [0.1, 0.15) is 113 Å². The third kappa shape index (κ3) is 39.3. The number of amides is 17. The van der Waals surface area contributed by atoms with Crippen LogP contribution in [0.4, 0.5) is 13.2 Å². The van der Waals surface area contributed by atoms with Crippen LogP contribution in [0.5, 0.6) is 23.0 Å². The first-order valence-electron chi connectivity index (χ1n) is 45.4. The molecule has 54 heteroatoms. The molecule has 4 aromatic carbocycles. The minimum Gasteiger partial charge on any atom is -0.508 e. The number of phenolic OH excluding ortho intramolecular Hbond substituents is 4. The molecule has 0 bridgehead atoms. The van der Waals surface area contributed by atoms with Gasteiger partial charge in [0, 0.05) is 76.3 Å². The van der Waals surface area contributed by atoms with Crippen LogP contribution < -0.4 is 114 Å². The molecule has 6 aromatic rings. The van der Waals surface area contributed by atoms with Crippen molar-refractivity contribution in [2.24, 2.45) is 50.3 Å². The highest BCUT2D eigenvalue weighted by Gasteiger charge is 2.43. The summed E-state index contributed by atoms with van der Waals surface area (Å²) in [5, 5.41) is 100. The van der Waals surface area contributed by atoms with Crippen molar-refractivity contribution in [3.05, 3.63) is 156 Å². The smallest absolute Gasteiger partial charge is 0.471 e. The first kappa shape index (κ1) is 115. The number of rotatable bonds is 31. The van der Waals surface area contributed by atoms with Crippen LogP contribution in [-0.4, -0.2) is 297 Å². The number of aromatic hydroxyl groups is 4. The number of H-pyrrole nitrogens is 2. The number of imidazole rings is 2. The number of thioether (sulfide) groups is 1. The van der Waals surface area contributed by atoms with Gasteiger partial charge < -0.3 is 155 Å². The lowest BCUT2D eigenvalue weighted by Crippen LogP contribution is -2.63. The number of nitrogens with two attached hydrogens (primary N) is 6. The number of carbonyl (C=O) groups is 17. The van der Waals surface area contributed by atoms with Crippen molar-refractivity contribution >= 4 is 124 Å². The van der Waals surface area contributed by atoms with Crippen LogP contribution in [0, 0.1) is 5.92 Å². The fraction of sp³-hybridized carbons (Fsp3) is 0.456. The fourth-order valence-corrected chi connectivity index (χ4v) is 15.3. The SMILES string of the molecule is CC(C)[C@@H]1NC(=O)[C@H](Cc2c[nH]cn2)NC(=O)[C@H](Cc2ccc(O)cc2)NC(=O)[C@H]([C@@H](C)O)NC(=O)[C@H](Cc2c[nH]cn2)NC(=O)[C@H](Cc2ccc(O)cc2)NC(=O)CSC[C@@H](C(N)=O)NC(=O)[C@H](Cc2ccc(O)cc2)NC(=O)[C@H](Cc2ccc(O)cc2)NC(=O)[C@H](CC(N)=O)NC(=O)[C@H]([C@@H](C)O)NC(=O)[C@H](CCCN=C(N)N)NC(=O)[C@H](CCCN=C(N)N)NC(=O)[C@H](CCCCNC(=O)C(F)(F)F)NC1=O. The molecule has 0 aliphatic carbocycles. The van der Waals surface area contributed by atoms with Crippen LogP contribution in [-0.2, 0) is 120 Å². The number of phenols is 4. The number of alkyl halides is 3. The standard InChI is InChI=1S/C90H122F3N27O23S/c1-44(2)70-84(140)110-57(9-5-6-28-102-87(143)90(91,92)93)74(130)108-58(10-7-29-103-88(96)97)75(131)109-59(11-8-30-104-89(98)99)76(132)119-71(45(3)121)86(142)116-66(37-68(94)127)81(137)112-61(32-48-14-22-54(124)23-15-48)78(134)111-62(33-49-16-24-55(125)25-17-49)80(136)117-67(73(95)129)40-144-41-69(128)107-60(31-47-12-20-53(123)21-13-47)77(133)113-65(36-52-39-101-43-106-52)83(139)120-72(46(4)122)85(141)115-63(34-50-18-26-56(126)27-19-50)79(135)114-64(82(138)118-70)35-51-38-100-42-105-51/h12-27,38-39,42-46,57-67,70-72,121-126H,5-11,28-37,40-41H2,1-4H3,(H2,94,127)(H2,95,129)(H,100,105)(H,101,106)(H,102,143)(H,107,128)(H,108,130)(H,109,131)(H,110,140)(H,111,134)(H,112,137)(H,113,133)(H,114,135)(H,115,141)(H,116,142)(H,117,136)(H,118,138)(H,119,132)(H,120,139)(H4,96,97,103)(H4,98,99,104)/t45-,46-,57+,58+,59+,60+,61+,62+,63+,64+,65+,66+,67+,70+,71+,72+/m1/s1. The molecule has 0 unspecified atom stereocenters. The molecular formula is C90H122F3N27O23S. The number of aliphatic hydroxyl groups excluding tert-OH is 2. The first-order valence-corrected chi connectivity index (χ1v) is 46.5. The summed E-state index contributed by atoms with van der Waals surface area (Å²) in [6.07, 6.45) is -10.4. The predicted molar refractivity (Wildman–Crippen MR) is 510 cm³/mol. The zero-order valence-corrected chi connectivity index (χ0v) is 79.5. The molecule has 1 aliphatic heterocycles. The second-order valence-electron chi connectivity index (χ2n) is 34.2. The normalized spacial score (nSPS) is 22.7. The Balaban J connectivity index is 1.35. The average molecular weight is 2040 g/mol. The van der Waals surface area contributed by atoms with Crippen LogP contribution in [0.25, 0.3) is 0 Å². The number of nitrogens with zero attached hydrogens (tertiary/aromatic N) is 4. The summed E-state index contributed by atoms with van der Waals surface area (Å²) in [5.74, 6) is -25.6. The van der Waals surface area contributed by atoms with Gasteiger partial charge in [0.05, 0.1) is 48.4 Å². The van der Waals surface area contributed by atoms with Gasteiger partial charge in [0.1, 0.15) is 108 Å². The third-order valence-corrected chi connectivity index (χ3v) is 23.1. The van der Waals surface area contributed by atoms with E-state index in [1.807, 2.05) is 0 Å². The number of carbonyl (C=O) groups excluding carboxylic acids is 17. The van der Waals surface area contributed by atoms with Crippen molar-refractivity contribution in [2.45, 2.75) is 221 Å². The molecule has 17 amide bonds. The Labute approximate surface area is 826 Å². The van der Waals surface area contributed by atoms with Gasteiger partial charge in [-0.1, -0.05) is 62.4 Å². The molecule has 0 radical (unpaired) electrons. The van der Waals surface area contributed by atoms with Gasteiger partial charge in [-0.15, -0.1) is 11.8 Å². The quantitative estimate of drug-likeness (QED) is 0.0109. The lowest BCUT2D eigenvalue weighted by Gasteiger charge is -2.30. The molecule has 782 valence electrons. The Morgan fingerprint density at radius 1 is 0.396 bits per heavy atom. The van der Waals surface area contributed by atoms with Gasteiger partial charge in [-0.3, -0.25) is 91.5 Å². The average Bonchev–Trinajstić information content (AvgIpc) is 0.868. The van der Waals surface area contributed by atoms with E-state index in [4.69, 9.17) is 34.4 Å². The van der Waals surface area contributed by atoms with E-state index < -0.39 is 297 Å². The van der Waals surface area contributed by atoms with E-state index in [9.17, 15) is 96.6 Å². The summed E-state index contributed by atoms with van der Waals surface area (Å²) in [5.41, 5.74) is 35.2. The molecule has 1 saturated heterocycles. The molecule has 35 N–H and O–H groups in total. The van der Waals surface area contributed by atoms with Crippen LogP contribution in [0.3, 0.4) is 0 Å². The minimum absolute atomic E-state index is 0.0978. The molecule has 3 heterocycles. The predicted octanol–water partition coefficient (Wildman–Crippen LogP) is -7.02. The third-order valence-electron chi connectivity index (χ3n) is 22.1. The topological polar surface area (TPSA) is 830 Å². The van der Waals surface area contributed by atoms with Crippen LogP contribution >= 0.6 is 11.8 Å². The second kappa shape index (κ2) is 56.5. The summed E-state index contributed by atoms with van der Waals surface area (Å²) >= 11 is 0.681. The first-order chi connectivity index (χ1) is 68.1. The van der Waals surface area contributed by atoms with Gasteiger partial charge in [-0.25, -0.2) is 9.97 Å². The van der Waals surface area contributed by atoms with Crippen LogP contribution in [0.2, 0.25) is 0 Å². The summed E-state index contributed by atoms with van der Waals surface area (Å²) < 4.78 is 40.3. The Hall–Kier alpha value is -15.9. The highest BCUT2D eigenvalue weighted by molar-refractivity contribution is 8.00. The number of hydrogen-bond donors (Lipinski definition) is 29. The maximum atomic E-state index is 15.2. The number of benzene rings is 4. The number of hydrogen-bond acceptors (Lipinski definition) is 28. The number of guanidine groups is 2. The van der Waals surface area contributed by atoms with Gasteiger partial charge in [0.2, 0.25) is 94.5 Å². The largest absolute Gasteiger partial charge is 0.508 e. The molecule has 0 saturated carbocycles. The Kier molecular flexibility index (Phi) is 45.2. The number of aliphatic hydroxyl groups is 2. The zero-order chi connectivity index (χ0) is 106. The van der Waals surface area contributed by atoms with E-state index in [0.29, 0.717) is 17.3 Å². The summed E-state index contributed by atoms with van der Waals surface area (Å²) in [6.45, 7) is 3.79. The maximum Gasteiger partial charge on any atom is 0.471 e. The Morgan fingerprint density at radius 2 is 0.694 bits per heavy atom. The van der Waals surface area contributed by atoms with E-state index in [-0.39, 0.29) is 96.3 Å². The lowest BCUT2D eigenvalue weighted by molar-refractivity contribution is -0.173. The molecule has 144 heavy (non-hydrogen) atoms. The molecule has 16 atom stereocenters. The molecule has 50 nitrogen and oxygen atoms in total. The maximum absolute atomic E-state index is 15.2. The number of aromatic nitrogens is 4. The highest BCUT2D eigenvalue weighted by atomic mass is 32.2. The summed E-state index contributed by atoms with van der Waals surface area (Å²) in [4.78, 5) is 269. The van der Waals surface area contributed by atoms with E-state index in [2.05, 4.69) is 104 Å². The van der Waals surface area contributed by atoms with Crippen molar-refractivity contribution in [2.75, 3.05) is 31.1 Å². The van der Waals surface area contributed by atoms with Crippen molar-refractivity contribution in [3.8, 4) is 23.0 Å². The molecule has 1 fully saturated rings. The molecule has 2 aromatic heterocycles. The Bertz CT molecular complexity index is 5430. The fourth-order valence-electron chi connectivity index (χ4n) is 14.4. The Morgan fingerprint density at radius 3 is 1.03 bits per heavy atom. The summed E-state index contributed by atoms with van der Waals surface area (Å²) in [6, 6.07) is -5.34. The second-order valence-corrected chi connectivity index (χ2v) is 35.2. The number of halogens is 3. The van der Waals surface area contributed by atoms with E-state index in [0.717, 1.165) is 13.8 Å². The molecular weight excluding hydrogens is 1920 g/mol. The molecule has 0 spiro atoms. The van der Waals surface area contributed by atoms with Crippen LogP contribution in [0.15, 0.2) is 132 Å². The number of aliphatic imine (C=N–C) groups is 2. The van der Waals surface area contributed by atoms with E-state index in [1.165, 1.54) is 136 Å². The molecule has 7 rings (SSSR count). The van der Waals surface area contributed by atoms with Gasteiger partial charge in [0.15, 0.2) is 11.9 Å². The van der Waals surface area contributed by atoms with Gasteiger partial charge in [-0.05, 0) is 135 Å². The minimum atomic E-state index is -5.33. The van der Waals surface area contributed by atoms with E-state index >= 15 is 28.8 Å². The summed E-state index contributed by atoms with van der Waals surface area (Å²) in [7, 11) is 0. The monoisotopic (exact) mass is 2040 g/mol. The zero-order valence-electron chi connectivity index (χ0n) is 78.7. The van der Waals surface area contributed by atoms with Gasteiger partial charge >= 0.3 is 12.1 Å². The lowest BCUT2D eigenvalue weighted by atomic mass is 10.00. The van der Waals surface area contributed by atoms with Crippen molar-refractivity contribution < 1.29 is 125 Å². The van der Waals surface area contributed by atoms with Crippen molar-refractivity contribution in [1.29, 1.82) is 0 Å². The van der Waals surface area contributed by atoms with Gasteiger partial charge in [0.25, 0.3) is 0 Å². The molecule has 1 aliphatic rings. The number of aromatic amines is 2. The van der Waals surface area contributed by atoms with E-state index in [1.54, 1.807) is 5.32 Å². The highest BCUT2D eigenvalue weighted by Crippen LogP contribution is 2.22. The van der Waals surface area contributed by atoms with Crippen molar-refractivity contribution in [1.82, 2.24) is 99.7 Å². The van der Waals surface area contributed by atoms with Crippen molar-refractivity contribution in [3.63, 3.8) is 0 Å².